The van der Waals surface area contributed by atoms with Crippen LogP contribution in [-0.4, -0.2) is 44.4 Å². The molecule has 0 aliphatic heterocycles. The number of nitrogens with one attached hydrogen (secondary N) is 2. The maximum Gasteiger partial charge on any atom is 0.341 e. The molecule has 2 N–H and O–H groups in total. The zero-order chi connectivity index (χ0) is 28.8. The number of aryl methyl sites for hydroxylation is 3. The molecule has 0 spiro atoms. The fourth-order valence-corrected chi connectivity index (χ4v) is 6.73. The second-order valence-corrected chi connectivity index (χ2v) is 12.3. The second kappa shape index (κ2) is 13.5. The van der Waals surface area contributed by atoms with Crippen LogP contribution in [0.15, 0.2) is 23.4 Å². The molecule has 11 heteroatoms. The number of fused-ring (bicyclic) bond motifs is 1. The van der Waals surface area contributed by atoms with Gasteiger partial charge in [0.05, 0.1) is 24.0 Å². The maximum atomic E-state index is 13.2. The molecular formula is C29H37N5O4S2. The van der Waals surface area contributed by atoms with Crippen LogP contribution in [0.25, 0.3) is 0 Å². The van der Waals surface area contributed by atoms with Crippen LogP contribution >= 0.6 is 23.1 Å². The Kier molecular flexibility index (Phi) is 10.0. The van der Waals surface area contributed by atoms with E-state index in [-0.39, 0.29) is 30.9 Å². The Morgan fingerprint density at radius 3 is 2.67 bits per heavy atom. The summed E-state index contributed by atoms with van der Waals surface area (Å²) in [7, 11) is 0. The first-order chi connectivity index (χ1) is 19.2. The number of carbonyl (C=O) groups excluding carboxylic acids is 3. The molecular weight excluding hydrogens is 546 g/mol. The molecule has 1 aromatic carbocycles. The number of ether oxygens (including phenoxy) is 1. The third kappa shape index (κ3) is 6.75. The van der Waals surface area contributed by atoms with Gasteiger partial charge in [-0.25, -0.2) is 4.79 Å². The number of esters is 1. The minimum Gasteiger partial charge on any atom is -0.462 e. The first-order valence-corrected chi connectivity index (χ1v) is 15.5. The molecule has 2 heterocycles. The normalized spacial score (nSPS) is 13.1. The van der Waals surface area contributed by atoms with Crippen molar-refractivity contribution in [3.63, 3.8) is 0 Å². The number of thiophene rings is 1. The zero-order valence-corrected chi connectivity index (χ0v) is 25.4. The van der Waals surface area contributed by atoms with Crippen molar-refractivity contribution >= 4 is 45.9 Å². The molecule has 40 heavy (non-hydrogen) atoms. The van der Waals surface area contributed by atoms with Crippen LogP contribution in [0.4, 0.5) is 5.00 Å². The number of amides is 2. The number of anilines is 1. The number of rotatable bonds is 12. The van der Waals surface area contributed by atoms with Crippen LogP contribution in [0, 0.1) is 13.8 Å². The van der Waals surface area contributed by atoms with Gasteiger partial charge in [0.25, 0.3) is 5.91 Å². The third-order valence-electron chi connectivity index (χ3n) is 6.99. The van der Waals surface area contributed by atoms with Crippen LogP contribution in [0.2, 0.25) is 0 Å². The van der Waals surface area contributed by atoms with Crippen LogP contribution < -0.4 is 10.6 Å². The number of hydrogen-bond donors (Lipinski definition) is 2. The third-order valence-corrected chi connectivity index (χ3v) is 9.28. The van der Waals surface area contributed by atoms with Gasteiger partial charge < -0.3 is 19.9 Å². The Hall–Kier alpha value is -3.18. The number of carbonyl (C=O) groups is 3. The van der Waals surface area contributed by atoms with Crippen molar-refractivity contribution in [3.05, 3.63) is 56.7 Å². The number of hydrogen-bond acceptors (Lipinski definition) is 8. The van der Waals surface area contributed by atoms with E-state index in [2.05, 4.69) is 27.8 Å². The summed E-state index contributed by atoms with van der Waals surface area (Å²) in [4.78, 5) is 39.8. The van der Waals surface area contributed by atoms with Crippen molar-refractivity contribution in [2.24, 2.45) is 0 Å². The summed E-state index contributed by atoms with van der Waals surface area (Å²) in [6.07, 6.45) is 4.63. The molecule has 1 aliphatic carbocycles. The van der Waals surface area contributed by atoms with E-state index in [0.717, 1.165) is 53.7 Å². The standard InChI is InChI=1S/C29H37N5O4S2/c1-6-8-14-34-23(16-30-26(36)20-13-12-17(3)18(4)15-20)32-33-29(34)39-19(5)25(35)31-27-24(28(37)38-7-2)21-10-9-11-22(21)40-27/h12-13,15,19H,6-11,14,16H2,1-5H3,(H,30,36)(H,31,35)/t19-/m0/s1. The monoisotopic (exact) mass is 583 g/mol. The van der Waals surface area contributed by atoms with Gasteiger partial charge in [-0.05, 0) is 82.2 Å². The lowest BCUT2D eigenvalue weighted by Crippen LogP contribution is -2.25. The molecule has 1 aliphatic rings. The quantitative estimate of drug-likeness (QED) is 0.215. The number of unbranched alkanes of at least 4 members (excludes halogenated alkanes) is 1. The van der Waals surface area contributed by atoms with Gasteiger partial charge in [-0.1, -0.05) is 31.2 Å². The molecule has 2 aromatic heterocycles. The van der Waals surface area contributed by atoms with Gasteiger partial charge in [-0.2, -0.15) is 0 Å². The van der Waals surface area contributed by atoms with E-state index in [9.17, 15) is 14.4 Å². The van der Waals surface area contributed by atoms with Gasteiger partial charge in [-0.3, -0.25) is 9.59 Å². The molecule has 3 aromatic rings. The van der Waals surface area contributed by atoms with E-state index in [1.54, 1.807) is 6.92 Å². The van der Waals surface area contributed by atoms with Crippen molar-refractivity contribution in [2.75, 3.05) is 11.9 Å². The molecule has 214 valence electrons. The van der Waals surface area contributed by atoms with Crippen molar-refractivity contribution in [1.29, 1.82) is 0 Å². The van der Waals surface area contributed by atoms with Crippen LogP contribution in [-0.2, 0) is 35.5 Å². The fourth-order valence-electron chi connectivity index (χ4n) is 4.56. The van der Waals surface area contributed by atoms with Gasteiger partial charge in [0.2, 0.25) is 5.91 Å². The van der Waals surface area contributed by atoms with Crippen molar-refractivity contribution in [2.45, 2.75) is 90.2 Å². The minimum atomic E-state index is -0.491. The molecule has 0 saturated carbocycles. The first kappa shape index (κ1) is 29.8. The van der Waals surface area contributed by atoms with Gasteiger partial charge in [0.15, 0.2) is 11.0 Å². The molecule has 0 bridgehead atoms. The zero-order valence-electron chi connectivity index (χ0n) is 23.8. The highest BCUT2D eigenvalue weighted by atomic mass is 32.2. The van der Waals surface area contributed by atoms with Crippen LogP contribution in [0.1, 0.15) is 88.1 Å². The Morgan fingerprint density at radius 2 is 1.95 bits per heavy atom. The van der Waals surface area contributed by atoms with E-state index in [1.165, 1.54) is 23.1 Å². The number of nitrogens with zero attached hydrogens (tertiary/aromatic N) is 3. The van der Waals surface area contributed by atoms with E-state index >= 15 is 0 Å². The van der Waals surface area contributed by atoms with E-state index in [1.807, 2.05) is 43.5 Å². The van der Waals surface area contributed by atoms with Crippen LogP contribution in [0.5, 0.6) is 0 Å². The van der Waals surface area contributed by atoms with E-state index in [0.29, 0.717) is 33.7 Å². The van der Waals surface area contributed by atoms with Crippen molar-refractivity contribution in [1.82, 2.24) is 20.1 Å². The van der Waals surface area contributed by atoms with E-state index < -0.39 is 5.25 Å². The lowest BCUT2D eigenvalue weighted by molar-refractivity contribution is -0.115. The molecule has 0 fully saturated rings. The lowest BCUT2D eigenvalue weighted by Gasteiger charge is -2.14. The smallest absolute Gasteiger partial charge is 0.341 e. The molecule has 0 unspecified atom stereocenters. The Morgan fingerprint density at radius 1 is 1.15 bits per heavy atom. The molecule has 0 radical (unpaired) electrons. The SMILES string of the molecule is CCCCn1c(CNC(=O)c2ccc(C)c(C)c2)nnc1S[C@@H](C)C(=O)Nc1sc2c(c1C(=O)OCC)CCC2. The van der Waals surface area contributed by atoms with E-state index in [4.69, 9.17) is 4.74 Å². The highest BCUT2D eigenvalue weighted by Crippen LogP contribution is 2.40. The Labute approximate surface area is 243 Å². The summed E-state index contributed by atoms with van der Waals surface area (Å²) < 4.78 is 7.26. The largest absolute Gasteiger partial charge is 0.462 e. The molecule has 4 rings (SSSR count). The number of thioether (sulfide) groups is 1. The molecule has 9 nitrogen and oxygen atoms in total. The topological polar surface area (TPSA) is 115 Å². The van der Waals surface area contributed by atoms with Gasteiger partial charge in [0, 0.05) is 17.0 Å². The van der Waals surface area contributed by atoms with Gasteiger partial charge in [0.1, 0.15) is 5.00 Å². The summed E-state index contributed by atoms with van der Waals surface area (Å²) in [6, 6.07) is 5.63. The Bertz CT molecular complexity index is 1400. The highest BCUT2D eigenvalue weighted by Gasteiger charge is 2.29. The first-order valence-electron chi connectivity index (χ1n) is 13.8. The second-order valence-electron chi connectivity index (χ2n) is 9.92. The van der Waals surface area contributed by atoms with Crippen LogP contribution in [0.3, 0.4) is 0 Å². The summed E-state index contributed by atoms with van der Waals surface area (Å²) in [5, 5.41) is 15.3. The predicted octanol–water partition coefficient (Wildman–Crippen LogP) is 5.47. The molecule has 0 saturated heterocycles. The van der Waals surface area contributed by atoms with Gasteiger partial charge >= 0.3 is 5.97 Å². The average molecular weight is 584 g/mol. The summed E-state index contributed by atoms with van der Waals surface area (Å²) in [5.41, 5.74) is 4.30. The van der Waals surface area contributed by atoms with Crippen molar-refractivity contribution < 1.29 is 19.1 Å². The number of aromatic nitrogens is 3. The number of benzene rings is 1. The molecule has 2 amide bonds. The fraction of sp³-hybridized carbons (Fsp3) is 0.483. The molecule has 1 atom stereocenters. The average Bonchev–Trinajstić information content (AvgIpc) is 3.62. The Balaban J connectivity index is 1.45. The van der Waals surface area contributed by atoms with Gasteiger partial charge in [-0.15, -0.1) is 21.5 Å². The minimum absolute atomic E-state index is 0.171. The lowest BCUT2D eigenvalue weighted by atomic mass is 10.1. The summed E-state index contributed by atoms with van der Waals surface area (Å²) >= 11 is 2.78. The maximum absolute atomic E-state index is 13.2. The summed E-state index contributed by atoms with van der Waals surface area (Å²) in [6.45, 7) is 10.9. The van der Waals surface area contributed by atoms with Crippen molar-refractivity contribution in [3.8, 4) is 0 Å². The highest BCUT2D eigenvalue weighted by molar-refractivity contribution is 8.00. The predicted molar refractivity (Wildman–Crippen MR) is 158 cm³/mol. The summed E-state index contributed by atoms with van der Waals surface area (Å²) in [5.74, 6) is -0.134.